The van der Waals surface area contributed by atoms with E-state index < -0.39 is 25.0 Å². The molecule has 2 aromatic rings. The average Bonchev–Trinajstić information content (AvgIpc) is 3.21. The van der Waals surface area contributed by atoms with Crippen molar-refractivity contribution in [1.29, 1.82) is 5.26 Å². The summed E-state index contributed by atoms with van der Waals surface area (Å²) >= 11 is 0. The van der Waals surface area contributed by atoms with Crippen LogP contribution in [0.4, 0.5) is 18.9 Å². The number of carbonyl (C=O) groups is 1. The molecule has 0 radical (unpaired) electrons. The van der Waals surface area contributed by atoms with Crippen LogP contribution in [0.15, 0.2) is 42.5 Å². The van der Waals surface area contributed by atoms with Crippen LogP contribution >= 0.6 is 0 Å². The first-order valence-corrected chi connectivity index (χ1v) is 9.19. The molecule has 1 unspecified atom stereocenters. The third kappa shape index (κ3) is 4.10. The lowest BCUT2D eigenvalue weighted by molar-refractivity contribution is -0.132. The van der Waals surface area contributed by atoms with Crippen molar-refractivity contribution < 1.29 is 27.8 Å². The second-order valence-corrected chi connectivity index (χ2v) is 6.84. The predicted molar refractivity (Wildman–Crippen MR) is 106 cm³/mol. The Kier molecular flexibility index (Phi) is 6.31. The highest BCUT2D eigenvalue weighted by molar-refractivity contribution is 5.87. The fourth-order valence-corrected chi connectivity index (χ4v) is 3.35. The van der Waals surface area contributed by atoms with Crippen molar-refractivity contribution in [2.24, 2.45) is 0 Å². The number of fused-ring (bicyclic) bond motifs is 1. The molecule has 1 heterocycles. The number of hydrogen-bond donors (Lipinski definition) is 2. The van der Waals surface area contributed by atoms with Gasteiger partial charge in [-0.15, -0.1) is 0 Å². The number of hydrogen-bond acceptors (Lipinski definition) is 4. The minimum atomic E-state index is -2.80. The zero-order chi connectivity index (χ0) is 21.8. The van der Waals surface area contributed by atoms with Crippen LogP contribution in [0.25, 0.3) is 11.1 Å². The largest absolute Gasteiger partial charge is 0.492 e. The maximum atomic E-state index is 13.0. The molecule has 0 amide bonds. The van der Waals surface area contributed by atoms with Crippen molar-refractivity contribution in [1.82, 2.24) is 0 Å². The van der Waals surface area contributed by atoms with E-state index in [4.69, 9.17) is 9.84 Å². The van der Waals surface area contributed by atoms with Crippen molar-refractivity contribution in [3.8, 4) is 22.9 Å². The lowest BCUT2D eigenvalue weighted by atomic mass is 9.93. The maximum absolute atomic E-state index is 13.0. The Morgan fingerprint density at radius 2 is 2.03 bits per heavy atom. The van der Waals surface area contributed by atoms with Gasteiger partial charge < -0.3 is 15.2 Å². The van der Waals surface area contributed by atoms with Gasteiger partial charge in [0.15, 0.2) is 0 Å². The second-order valence-electron chi connectivity index (χ2n) is 6.84. The summed E-state index contributed by atoms with van der Waals surface area (Å²) in [6.07, 6.45) is -2.30. The Morgan fingerprint density at radius 3 is 2.60 bits per heavy atom. The van der Waals surface area contributed by atoms with Gasteiger partial charge in [0.2, 0.25) is 6.43 Å². The molecule has 0 aromatic heterocycles. The second kappa shape index (κ2) is 8.91. The van der Waals surface area contributed by atoms with Crippen LogP contribution in [0.5, 0.6) is 5.75 Å². The minimum absolute atomic E-state index is 0.0609. The number of carboxylic acid groups (broad SMARTS) is 1. The average molecular weight is 416 g/mol. The third-order valence-electron chi connectivity index (χ3n) is 5.00. The zero-order valence-electron chi connectivity index (χ0n) is 15.9. The maximum Gasteiger partial charge on any atom is 0.332 e. The Balaban J connectivity index is 2.01. The summed E-state index contributed by atoms with van der Waals surface area (Å²) in [6.45, 7) is 2.63. The standard InChI is InChI=1S/C22H19F3N2O3/c1-12(22(28)29)11-27-19-8-16(20-15(6-7-30-20)18(19)10-26)13-2-4-14(5-3-13)17(9-23)21(24)25/h2-5,8,17,21,27H,1,6-7,9,11H2,(H,28,29). The summed E-state index contributed by atoms with van der Waals surface area (Å²) in [6, 6.07) is 9.89. The number of halogens is 3. The van der Waals surface area contributed by atoms with Gasteiger partial charge in [-0.05, 0) is 17.2 Å². The van der Waals surface area contributed by atoms with Crippen LogP contribution in [0.1, 0.15) is 22.6 Å². The fourth-order valence-electron chi connectivity index (χ4n) is 3.35. The molecule has 5 nitrogen and oxygen atoms in total. The molecule has 0 fully saturated rings. The molecule has 2 aromatic carbocycles. The number of carboxylic acids is 1. The van der Waals surface area contributed by atoms with Crippen LogP contribution in [0.2, 0.25) is 0 Å². The molecule has 0 bridgehead atoms. The lowest BCUT2D eigenvalue weighted by Gasteiger charge is -2.17. The van der Waals surface area contributed by atoms with Gasteiger partial charge in [0.1, 0.15) is 18.5 Å². The van der Waals surface area contributed by atoms with Crippen LogP contribution in [-0.4, -0.2) is 37.3 Å². The molecule has 0 saturated carbocycles. The van der Waals surface area contributed by atoms with Gasteiger partial charge in [-0.1, -0.05) is 30.8 Å². The molecule has 0 spiro atoms. The molecule has 2 N–H and O–H groups in total. The zero-order valence-corrected chi connectivity index (χ0v) is 15.9. The van der Waals surface area contributed by atoms with E-state index in [2.05, 4.69) is 18.0 Å². The van der Waals surface area contributed by atoms with E-state index in [0.29, 0.717) is 46.7 Å². The molecule has 1 aliphatic heterocycles. The molecule has 8 heteroatoms. The quantitative estimate of drug-likeness (QED) is 0.618. The fraction of sp³-hybridized carbons (Fsp3) is 0.273. The number of ether oxygens (including phenoxy) is 1. The van der Waals surface area contributed by atoms with Crippen LogP contribution in [0.3, 0.4) is 0 Å². The van der Waals surface area contributed by atoms with Gasteiger partial charge in [-0.2, -0.15) is 5.26 Å². The Morgan fingerprint density at radius 1 is 1.33 bits per heavy atom. The normalized spacial score (nSPS) is 13.3. The number of aliphatic carboxylic acids is 1. The number of benzene rings is 2. The van der Waals surface area contributed by atoms with Gasteiger partial charge in [0.25, 0.3) is 0 Å². The first-order chi connectivity index (χ1) is 14.4. The van der Waals surface area contributed by atoms with Gasteiger partial charge in [-0.25, -0.2) is 13.6 Å². The molecule has 30 heavy (non-hydrogen) atoms. The highest BCUT2D eigenvalue weighted by atomic mass is 19.3. The summed E-state index contributed by atoms with van der Waals surface area (Å²) in [5.74, 6) is -2.11. The molecule has 156 valence electrons. The van der Waals surface area contributed by atoms with Crippen molar-refractivity contribution in [3.63, 3.8) is 0 Å². The highest BCUT2D eigenvalue weighted by Crippen LogP contribution is 2.42. The molecule has 3 rings (SSSR count). The van der Waals surface area contributed by atoms with E-state index in [0.717, 1.165) is 0 Å². The van der Waals surface area contributed by atoms with E-state index in [1.54, 1.807) is 18.2 Å². The van der Waals surface area contributed by atoms with E-state index >= 15 is 0 Å². The van der Waals surface area contributed by atoms with Crippen molar-refractivity contribution in [2.45, 2.75) is 18.8 Å². The molecule has 1 aliphatic rings. The third-order valence-corrected chi connectivity index (χ3v) is 5.00. The van der Waals surface area contributed by atoms with Crippen molar-refractivity contribution in [3.05, 3.63) is 59.2 Å². The predicted octanol–water partition coefficient (Wildman–Crippen LogP) is 4.53. The van der Waals surface area contributed by atoms with Crippen LogP contribution in [0, 0.1) is 11.3 Å². The smallest absolute Gasteiger partial charge is 0.332 e. The van der Waals surface area contributed by atoms with Gasteiger partial charge in [-0.3, -0.25) is 4.39 Å². The number of nitrogens with zero attached hydrogens (tertiary/aromatic N) is 1. The topological polar surface area (TPSA) is 82.3 Å². The summed E-state index contributed by atoms with van der Waals surface area (Å²) < 4.78 is 44.6. The molecular weight excluding hydrogens is 397 g/mol. The lowest BCUT2D eigenvalue weighted by Crippen LogP contribution is -2.12. The molecule has 0 saturated heterocycles. The minimum Gasteiger partial charge on any atom is -0.492 e. The summed E-state index contributed by atoms with van der Waals surface area (Å²) in [5.41, 5.74) is 2.88. The number of nitriles is 1. The Bertz CT molecular complexity index is 1010. The van der Waals surface area contributed by atoms with E-state index in [9.17, 15) is 23.2 Å². The van der Waals surface area contributed by atoms with Gasteiger partial charge in [0.05, 0.1) is 23.8 Å². The van der Waals surface area contributed by atoms with Crippen molar-refractivity contribution in [2.75, 3.05) is 25.1 Å². The molecule has 1 atom stereocenters. The molecular formula is C22H19F3N2O3. The van der Waals surface area contributed by atoms with Crippen molar-refractivity contribution >= 4 is 11.7 Å². The summed E-state index contributed by atoms with van der Waals surface area (Å²) in [4.78, 5) is 11.0. The summed E-state index contributed by atoms with van der Waals surface area (Å²) in [5, 5.41) is 21.5. The number of alkyl halides is 3. The number of nitrogens with one attached hydrogen (secondary N) is 1. The first-order valence-electron chi connectivity index (χ1n) is 9.19. The van der Waals surface area contributed by atoms with Crippen LogP contribution in [-0.2, 0) is 11.2 Å². The van der Waals surface area contributed by atoms with E-state index in [1.165, 1.54) is 12.1 Å². The first kappa shape index (κ1) is 21.2. The monoisotopic (exact) mass is 416 g/mol. The van der Waals surface area contributed by atoms with Crippen LogP contribution < -0.4 is 10.1 Å². The summed E-state index contributed by atoms with van der Waals surface area (Å²) in [7, 11) is 0. The Labute approximate surface area is 171 Å². The van der Waals surface area contributed by atoms with Gasteiger partial charge >= 0.3 is 5.97 Å². The number of rotatable bonds is 8. The molecule has 0 aliphatic carbocycles. The Hall–Kier alpha value is -3.47. The number of anilines is 1. The SMILES string of the molecule is C=C(CNc1cc(-c2ccc(C(CF)C(F)F)cc2)c2c(c1C#N)CCO2)C(=O)O. The van der Waals surface area contributed by atoms with E-state index in [1.807, 2.05) is 0 Å². The highest BCUT2D eigenvalue weighted by Gasteiger charge is 2.26. The van der Waals surface area contributed by atoms with Gasteiger partial charge in [0, 0.05) is 29.7 Å². The van der Waals surface area contributed by atoms with E-state index in [-0.39, 0.29) is 17.7 Å².